The fraction of sp³-hybridized carbons (Fsp3) is 0.320. The zero-order valence-electron chi connectivity index (χ0n) is 19.3. The van der Waals surface area contributed by atoms with E-state index in [4.69, 9.17) is 11.6 Å². The summed E-state index contributed by atoms with van der Waals surface area (Å²) in [6.45, 7) is 2.69. The molecule has 10 heteroatoms. The average molecular weight is 512 g/mol. The summed E-state index contributed by atoms with van der Waals surface area (Å²) in [6.07, 6.45) is 2.45. The summed E-state index contributed by atoms with van der Waals surface area (Å²) >= 11 is 7.15. The maximum absolute atomic E-state index is 13.3. The fourth-order valence-corrected chi connectivity index (χ4v) is 4.73. The first-order chi connectivity index (χ1) is 17.0. The van der Waals surface area contributed by atoms with Gasteiger partial charge in [0.25, 0.3) is 5.91 Å². The first-order valence-electron chi connectivity index (χ1n) is 11.5. The van der Waals surface area contributed by atoms with Crippen LogP contribution in [-0.4, -0.2) is 52.0 Å². The average Bonchev–Trinajstić information content (AvgIpc) is 3.18. The molecule has 35 heavy (non-hydrogen) atoms. The van der Waals surface area contributed by atoms with E-state index in [2.05, 4.69) is 27.5 Å². The van der Waals surface area contributed by atoms with Gasteiger partial charge in [0.1, 0.15) is 11.9 Å². The largest absolute Gasteiger partial charge is 0.356 e. The zero-order valence-corrected chi connectivity index (χ0v) is 20.9. The van der Waals surface area contributed by atoms with Gasteiger partial charge < -0.3 is 10.6 Å². The van der Waals surface area contributed by atoms with E-state index in [9.17, 15) is 14.4 Å². The number of halogens is 1. The molecule has 0 fully saturated rings. The molecule has 1 atom stereocenters. The minimum atomic E-state index is -0.667. The van der Waals surface area contributed by atoms with Crippen LogP contribution < -0.4 is 10.6 Å². The Balaban J connectivity index is 1.45. The fourth-order valence-electron chi connectivity index (χ4n) is 3.74. The van der Waals surface area contributed by atoms with E-state index in [1.807, 2.05) is 24.3 Å². The van der Waals surface area contributed by atoms with Crippen molar-refractivity contribution in [1.29, 1.82) is 0 Å². The van der Waals surface area contributed by atoms with Gasteiger partial charge in [-0.15, -0.1) is 0 Å². The van der Waals surface area contributed by atoms with Gasteiger partial charge in [-0.25, -0.2) is 9.89 Å². The predicted octanol–water partition coefficient (Wildman–Crippen LogP) is 4.37. The molecular weight excluding hydrogens is 486 g/mol. The normalized spacial score (nSPS) is 16.2. The summed E-state index contributed by atoms with van der Waals surface area (Å²) in [6, 6.07) is 13.7. The minimum Gasteiger partial charge on any atom is -0.356 e. The van der Waals surface area contributed by atoms with Crippen LogP contribution in [0.5, 0.6) is 0 Å². The number of aliphatic imine (C=N–C) groups is 2. The van der Waals surface area contributed by atoms with Crippen LogP contribution >= 0.6 is 23.4 Å². The topological polar surface area (TPSA) is 103 Å². The van der Waals surface area contributed by atoms with Crippen molar-refractivity contribution in [3.8, 4) is 0 Å². The van der Waals surface area contributed by atoms with Gasteiger partial charge in [-0.1, -0.05) is 54.9 Å². The van der Waals surface area contributed by atoms with Crippen LogP contribution in [0.25, 0.3) is 0 Å². The van der Waals surface area contributed by atoms with E-state index in [0.29, 0.717) is 40.4 Å². The number of anilines is 1. The number of carbonyl (C=O) groups excluding carboxylic acids is 3. The molecule has 0 unspecified atom stereocenters. The number of hydrogen-bond donors (Lipinski definition) is 2. The lowest BCUT2D eigenvalue weighted by atomic mass is 10.1. The summed E-state index contributed by atoms with van der Waals surface area (Å²) in [5.41, 5.74) is 2.03. The highest BCUT2D eigenvalue weighted by Gasteiger charge is 2.41. The molecule has 2 aromatic rings. The molecule has 2 heterocycles. The molecule has 2 aliphatic heterocycles. The van der Waals surface area contributed by atoms with E-state index in [1.165, 1.54) is 4.90 Å². The lowest BCUT2D eigenvalue weighted by Crippen LogP contribution is -2.41. The lowest BCUT2D eigenvalue weighted by molar-refractivity contribution is -0.125. The molecule has 0 bridgehead atoms. The molecule has 2 aliphatic rings. The Morgan fingerprint density at radius 3 is 2.77 bits per heavy atom. The van der Waals surface area contributed by atoms with Crippen molar-refractivity contribution in [2.75, 3.05) is 17.6 Å². The van der Waals surface area contributed by atoms with Crippen LogP contribution in [0, 0.1) is 0 Å². The number of nitrogens with one attached hydrogen (secondary N) is 2. The first kappa shape index (κ1) is 24.9. The quantitative estimate of drug-likeness (QED) is 0.488. The molecule has 0 saturated carbocycles. The third-order valence-corrected chi connectivity index (χ3v) is 6.66. The van der Waals surface area contributed by atoms with Crippen LogP contribution in [0.2, 0.25) is 5.02 Å². The molecule has 182 valence electrons. The summed E-state index contributed by atoms with van der Waals surface area (Å²) in [4.78, 5) is 48.7. The molecule has 0 saturated heterocycles. The van der Waals surface area contributed by atoms with Gasteiger partial charge in [0.2, 0.25) is 11.8 Å². The molecule has 3 amide bonds. The third kappa shape index (κ3) is 6.10. The second-order valence-electron chi connectivity index (χ2n) is 8.14. The molecule has 0 radical (unpaired) electrons. The van der Waals surface area contributed by atoms with Crippen molar-refractivity contribution >= 4 is 63.5 Å². The summed E-state index contributed by atoms with van der Waals surface area (Å²) in [7, 11) is 0. The van der Waals surface area contributed by atoms with E-state index < -0.39 is 6.04 Å². The minimum absolute atomic E-state index is 0.0507. The van der Waals surface area contributed by atoms with Crippen molar-refractivity contribution in [3.05, 3.63) is 59.1 Å². The first-order valence-corrected chi connectivity index (χ1v) is 12.9. The van der Waals surface area contributed by atoms with E-state index in [-0.39, 0.29) is 29.9 Å². The number of carbonyl (C=O) groups is 3. The Kier molecular flexibility index (Phi) is 8.20. The van der Waals surface area contributed by atoms with Gasteiger partial charge in [0, 0.05) is 29.2 Å². The number of hydrogen-bond acceptors (Lipinski definition) is 6. The predicted molar refractivity (Wildman–Crippen MR) is 140 cm³/mol. The Bertz CT molecular complexity index is 1200. The highest BCUT2D eigenvalue weighted by atomic mass is 35.5. The van der Waals surface area contributed by atoms with E-state index >= 15 is 0 Å². The van der Waals surface area contributed by atoms with Crippen LogP contribution in [0.15, 0.2) is 58.5 Å². The number of nitrogens with zero attached hydrogens (tertiary/aromatic N) is 3. The molecule has 0 aromatic heterocycles. The Labute approximate surface area is 213 Å². The number of fused-ring (bicyclic) bond motifs is 3. The lowest BCUT2D eigenvalue weighted by Gasteiger charge is -2.25. The van der Waals surface area contributed by atoms with Crippen molar-refractivity contribution in [3.63, 3.8) is 0 Å². The number of unbranched alkanes of at least 4 members (excludes halogenated alkanes) is 1. The number of rotatable bonds is 9. The number of amidine groups is 2. The van der Waals surface area contributed by atoms with Gasteiger partial charge in [-0.2, -0.15) is 0 Å². The van der Waals surface area contributed by atoms with Gasteiger partial charge in [0.15, 0.2) is 5.17 Å². The highest BCUT2D eigenvalue weighted by molar-refractivity contribution is 8.14. The summed E-state index contributed by atoms with van der Waals surface area (Å²) in [5.74, 6) is -0.0104. The van der Waals surface area contributed by atoms with Crippen LogP contribution in [-0.2, 0) is 14.4 Å². The molecule has 8 nitrogen and oxygen atoms in total. The maximum atomic E-state index is 13.3. The van der Waals surface area contributed by atoms with Crippen molar-refractivity contribution in [1.82, 2.24) is 10.2 Å². The van der Waals surface area contributed by atoms with E-state index in [1.54, 1.807) is 24.3 Å². The molecule has 0 spiro atoms. The van der Waals surface area contributed by atoms with Gasteiger partial charge in [0.05, 0.1) is 11.4 Å². The van der Waals surface area contributed by atoms with Gasteiger partial charge in [-0.05, 0) is 43.2 Å². The summed E-state index contributed by atoms with van der Waals surface area (Å²) < 4.78 is 0. The SMILES string of the molecule is CCCCNC(=O)CC[C@H]1N=C2c3ccccc3N=C(SCC(=O)Nc3cccc(Cl)c3)N2C1=O. The van der Waals surface area contributed by atoms with Crippen molar-refractivity contribution < 1.29 is 14.4 Å². The zero-order chi connectivity index (χ0) is 24.8. The number of thioether (sulfide) groups is 1. The van der Waals surface area contributed by atoms with Crippen LogP contribution in [0.4, 0.5) is 11.4 Å². The Morgan fingerprint density at radius 2 is 1.97 bits per heavy atom. The molecule has 2 aromatic carbocycles. The smallest absolute Gasteiger partial charge is 0.259 e. The van der Waals surface area contributed by atoms with Crippen LogP contribution in [0.3, 0.4) is 0 Å². The number of benzene rings is 2. The third-order valence-electron chi connectivity index (χ3n) is 5.49. The second kappa shape index (κ2) is 11.5. The summed E-state index contributed by atoms with van der Waals surface area (Å²) in [5, 5.41) is 6.59. The molecular formula is C25H26ClN5O3S. The highest BCUT2D eigenvalue weighted by Crippen LogP contribution is 2.34. The maximum Gasteiger partial charge on any atom is 0.259 e. The monoisotopic (exact) mass is 511 g/mol. The van der Waals surface area contributed by atoms with Gasteiger partial charge in [-0.3, -0.25) is 19.4 Å². The van der Waals surface area contributed by atoms with Crippen LogP contribution in [0.1, 0.15) is 38.2 Å². The molecule has 4 rings (SSSR count). The van der Waals surface area contributed by atoms with Crippen molar-refractivity contribution in [2.24, 2.45) is 9.98 Å². The molecule has 2 N–H and O–H groups in total. The molecule has 0 aliphatic carbocycles. The second-order valence-corrected chi connectivity index (χ2v) is 9.52. The van der Waals surface area contributed by atoms with E-state index in [0.717, 1.165) is 30.2 Å². The standard InChI is InChI=1S/C25H26ClN5O3S/c1-2-3-13-27-21(32)12-11-20-24(34)31-23(29-20)18-9-4-5-10-19(18)30-25(31)35-15-22(33)28-17-8-6-7-16(26)14-17/h4-10,14,20H,2-3,11-13,15H2,1H3,(H,27,32)(H,28,33)/t20-/m1/s1. The Hall–Kier alpha value is -3.17. The van der Waals surface area contributed by atoms with Crippen molar-refractivity contribution in [2.45, 2.75) is 38.6 Å². The Morgan fingerprint density at radius 1 is 1.14 bits per heavy atom. The van der Waals surface area contributed by atoms with Gasteiger partial charge >= 0.3 is 0 Å². The number of amides is 3. The number of para-hydroxylation sites is 1.